The van der Waals surface area contributed by atoms with E-state index >= 15 is 0 Å². The van der Waals surface area contributed by atoms with E-state index in [4.69, 9.17) is 11.6 Å². The van der Waals surface area contributed by atoms with E-state index in [1.54, 1.807) is 18.3 Å². The maximum atomic E-state index is 12.8. The van der Waals surface area contributed by atoms with Crippen LogP contribution in [0.25, 0.3) is 10.9 Å². The van der Waals surface area contributed by atoms with Crippen molar-refractivity contribution in [3.05, 3.63) is 70.1 Å². The van der Waals surface area contributed by atoms with Crippen LogP contribution in [0.1, 0.15) is 41.1 Å². The van der Waals surface area contributed by atoms with Crippen molar-refractivity contribution in [1.29, 1.82) is 0 Å². The Hall–Kier alpha value is -2.47. The van der Waals surface area contributed by atoms with Crippen LogP contribution in [0.3, 0.4) is 0 Å². The number of carbonyl (C=O) groups is 1. The van der Waals surface area contributed by atoms with Gasteiger partial charge < -0.3 is 0 Å². The summed E-state index contributed by atoms with van der Waals surface area (Å²) in [5.41, 5.74) is 2.06. The van der Waals surface area contributed by atoms with Gasteiger partial charge in [0.05, 0.1) is 5.52 Å². The van der Waals surface area contributed by atoms with Gasteiger partial charge in [-0.25, -0.2) is 0 Å². The van der Waals surface area contributed by atoms with Crippen LogP contribution in [0.5, 0.6) is 0 Å². The number of halogens is 4. The number of alkyl halides is 3. The number of Topliss-reactive ketones (excluding diaryl/α,β-unsaturated/α-hetero) is 1. The van der Waals surface area contributed by atoms with Crippen molar-refractivity contribution in [3.8, 4) is 0 Å². The van der Waals surface area contributed by atoms with E-state index in [1.165, 1.54) is 6.07 Å². The molecule has 4 rings (SSSR count). The Bertz CT molecular complexity index is 1060. The molecular weight excluding hydrogens is 389 g/mol. The van der Waals surface area contributed by atoms with Crippen molar-refractivity contribution in [2.24, 2.45) is 0 Å². The average Bonchev–Trinajstić information content (AvgIpc) is 3.46. The summed E-state index contributed by atoms with van der Waals surface area (Å²) in [6.07, 6.45) is 0.432. The van der Waals surface area contributed by atoms with Gasteiger partial charge in [0.15, 0.2) is 0 Å². The second-order valence-electron chi connectivity index (χ2n) is 7.07. The first kappa shape index (κ1) is 18.9. The molecule has 28 heavy (non-hydrogen) atoms. The van der Waals surface area contributed by atoms with E-state index in [0.29, 0.717) is 16.5 Å². The summed E-state index contributed by atoms with van der Waals surface area (Å²) in [6, 6.07) is 7.89. The molecule has 0 atom stereocenters. The molecule has 1 aromatic carbocycles. The van der Waals surface area contributed by atoms with Crippen LogP contribution in [0, 0.1) is 0 Å². The molecule has 0 bridgehead atoms. The fourth-order valence-corrected chi connectivity index (χ4v) is 3.63. The lowest BCUT2D eigenvalue weighted by atomic mass is 9.94. The highest BCUT2D eigenvalue weighted by molar-refractivity contribution is 6.31. The number of pyridine rings is 2. The van der Waals surface area contributed by atoms with E-state index in [2.05, 4.69) is 9.97 Å². The van der Waals surface area contributed by atoms with Crippen molar-refractivity contribution in [3.63, 3.8) is 0 Å². The number of nitrogens with zero attached hydrogens (tertiary/aromatic N) is 2. The number of carbonyl (C=O) groups excluding carboxylic acids is 1. The first-order valence-corrected chi connectivity index (χ1v) is 9.30. The van der Waals surface area contributed by atoms with Gasteiger partial charge in [-0.05, 0) is 59.7 Å². The molecule has 0 aliphatic heterocycles. The van der Waals surface area contributed by atoms with E-state index < -0.39 is 11.9 Å². The zero-order valence-electron chi connectivity index (χ0n) is 14.8. The molecule has 144 valence electrons. The molecular formula is C21H16ClF3N2O. The lowest BCUT2D eigenvalue weighted by Gasteiger charge is -2.12. The van der Waals surface area contributed by atoms with Gasteiger partial charge in [0.25, 0.3) is 0 Å². The molecule has 0 N–H and O–H groups in total. The van der Waals surface area contributed by atoms with Crippen molar-refractivity contribution >= 4 is 28.3 Å². The molecule has 2 heterocycles. The summed E-state index contributed by atoms with van der Waals surface area (Å²) in [4.78, 5) is 20.3. The Morgan fingerprint density at radius 3 is 2.61 bits per heavy atom. The van der Waals surface area contributed by atoms with Gasteiger partial charge in [-0.3, -0.25) is 14.8 Å². The number of ketones is 1. The molecule has 1 aliphatic carbocycles. The third-order valence-electron chi connectivity index (χ3n) is 4.84. The highest BCUT2D eigenvalue weighted by Gasteiger charge is 2.32. The number of aromatic nitrogens is 2. The first-order chi connectivity index (χ1) is 13.3. The minimum atomic E-state index is -4.53. The predicted molar refractivity (Wildman–Crippen MR) is 100 cm³/mol. The van der Waals surface area contributed by atoms with Gasteiger partial charge in [0.1, 0.15) is 11.5 Å². The molecule has 0 amide bonds. The smallest absolute Gasteiger partial charge is 0.299 e. The fraction of sp³-hybridized carbons (Fsp3) is 0.286. The van der Waals surface area contributed by atoms with Crippen molar-refractivity contribution in [1.82, 2.24) is 9.97 Å². The fourth-order valence-electron chi connectivity index (χ4n) is 3.47. The Kier molecular flexibility index (Phi) is 4.83. The molecule has 3 nitrogen and oxygen atoms in total. The molecule has 1 aliphatic rings. The van der Waals surface area contributed by atoms with Gasteiger partial charge in [0.2, 0.25) is 0 Å². The second kappa shape index (κ2) is 7.17. The standard InChI is InChI=1S/C21H16ClF3N2O/c22-15-3-4-17-18(10-15)27-11-14(20(17)13-1-2-13)9-16(28)7-12-5-6-26-19(8-12)21(23,24)25/h3-6,8,10-11,13H,1-2,7,9H2. The Morgan fingerprint density at radius 2 is 1.89 bits per heavy atom. The summed E-state index contributed by atoms with van der Waals surface area (Å²) in [7, 11) is 0. The first-order valence-electron chi connectivity index (χ1n) is 8.92. The molecule has 0 radical (unpaired) electrons. The Balaban J connectivity index is 1.59. The maximum Gasteiger partial charge on any atom is 0.433 e. The highest BCUT2D eigenvalue weighted by Crippen LogP contribution is 2.45. The molecule has 0 unspecified atom stereocenters. The predicted octanol–water partition coefficient (Wildman–Crippen LogP) is 5.53. The minimum Gasteiger partial charge on any atom is -0.299 e. The van der Waals surface area contributed by atoms with Gasteiger partial charge in [-0.2, -0.15) is 13.2 Å². The van der Waals surface area contributed by atoms with Crippen LogP contribution in [-0.4, -0.2) is 15.8 Å². The third kappa shape index (κ3) is 4.02. The number of hydrogen-bond donors (Lipinski definition) is 0. The quantitative estimate of drug-likeness (QED) is 0.561. The topological polar surface area (TPSA) is 42.9 Å². The molecule has 0 spiro atoms. The van der Waals surface area contributed by atoms with Crippen LogP contribution in [0.15, 0.2) is 42.7 Å². The molecule has 0 saturated heterocycles. The summed E-state index contributed by atoms with van der Waals surface area (Å²) >= 11 is 6.05. The molecule has 1 fully saturated rings. The number of fused-ring (bicyclic) bond motifs is 1. The van der Waals surface area contributed by atoms with E-state index in [9.17, 15) is 18.0 Å². The molecule has 1 saturated carbocycles. The highest BCUT2D eigenvalue weighted by atomic mass is 35.5. The number of rotatable bonds is 5. The third-order valence-corrected chi connectivity index (χ3v) is 5.08. The zero-order valence-corrected chi connectivity index (χ0v) is 15.5. The zero-order chi connectivity index (χ0) is 19.9. The average molecular weight is 405 g/mol. The van der Waals surface area contributed by atoms with Crippen LogP contribution >= 0.6 is 11.6 Å². The number of benzene rings is 1. The second-order valence-corrected chi connectivity index (χ2v) is 7.51. The largest absolute Gasteiger partial charge is 0.433 e. The van der Waals surface area contributed by atoms with Crippen molar-refractivity contribution in [2.75, 3.05) is 0 Å². The Labute approximate surface area is 164 Å². The number of hydrogen-bond acceptors (Lipinski definition) is 3. The lowest BCUT2D eigenvalue weighted by Crippen LogP contribution is -2.12. The van der Waals surface area contributed by atoms with E-state index in [1.807, 2.05) is 6.07 Å². The van der Waals surface area contributed by atoms with Gasteiger partial charge in [-0.15, -0.1) is 0 Å². The summed E-state index contributed by atoms with van der Waals surface area (Å²) < 4.78 is 38.4. The van der Waals surface area contributed by atoms with Gasteiger partial charge in [0, 0.05) is 35.6 Å². The van der Waals surface area contributed by atoms with Crippen molar-refractivity contribution in [2.45, 2.75) is 37.8 Å². The summed E-state index contributed by atoms with van der Waals surface area (Å²) in [5, 5.41) is 1.59. The molecule has 2 aromatic heterocycles. The van der Waals surface area contributed by atoms with Gasteiger partial charge in [-0.1, -0.05) is 17.7 Å². The summed E-state index contributed by atoms with van der Waals surface area (Å²) in [5.74, 6) is 0.239. The van der Waals surface area contributed by atoms with Crippen LogP contribution < -0.4 is 0 Å². The normalized spacial score (nSPS) is 14.4. The lowest BCUT2D eigenvalue weighted by molar-refractivity contribution is -0.141. The summed E-state index contributed by atoms with van der Waals surface area (Å²) in [6.45, 7) is 0. The molecule has 7 heteroatoms. The van der Waals surface area contributed by atoms with Crippen LogP contribution in [0.4, 0.5) is 13.2 Å². The van der Waals surface area contributed by atoms with Crippen LogP contribution in [0.2, 0.25) is 5.02 Å². The van der Waals surface area contributed by atoms with Crippen molar-refractivity contribution < 1.29 is 18.0 Å². The SMILES string of the molecule is O=C(Cc1ccnc(C(F)(F)F)c1)Cc1cnc2cc(Cl)ccc2c1C1CC1. The molecule has 3 aromatic rings. The monoisotopic (exact) mass is 404 g/mol. The van der Waals surface area contributed by atoms with E-state index in [0.717, 1.165) is 47.1 Å². The van der Waals surface area contributed by atoms with Gasteiger partial charge >= 0.3 is 6.18 Å². The Morgan fingerprint density at radius 1 is 1.11 bits per heavy atom. The van der Waals surface area contributed by atoms with Crippen LogP contribution in [-0.2, 0) is 23.8 Å². The maximum absolute atomic E-state index is 12.8. The van der Waals surface area contributed by atoms with E-state index in [-0.39, 0.29) is 18.6 Å². The minimum absolute atomic E-state index is 0.0750.